The second-order valence-electron chi connectivity index (χ2n) is 10.4. The van der Waals surface area contributed by atoms with Crippen LogP contribution in [0.2, 0.25) is 0 Å². The Morgan fingerprint density at radius 2 is 1.70 bits per heavy atom. The van der Waals surface area contributed by atoms with E-state index in [0.29, 0.717) is 11.6 Å². The van der Waals surface area contributed by atoms with Crippen molar-refractivity contribution in [3.05, 3.63) is 29.8 Å². The van der Waals surface area contributed by atoms with Gasteiger partial charge in [0.15, 0.2) is 0 Å². The number of likely N-dealkylation sites (tertiary alicyclic amines) is 1. The van der Waals surface area contributed by atoms with Crippen LogP contribution in [0.15, 0.2) is 29.2 Å². The highest BCUT2D eigenvalue weighted by molar-refractivity contribution is 7.89. The molecule has 0 amide bonds. The molecule has 0 aromatic heterocycles. The molecule has 186 valence electrons. The van der Waals surface area contributed by atoms with Crippen molar-refractivity contribution in [1.82, 2.24) is 9.21 Å². The molecule has 0 spiro atoms. The van der Waals surface area contributed by atoms with Gasteiger partial charge in [0.2, 0.25) is 10.0 Å². The number of aryl methyl sites for hydroxylation is 1. The van der Waals surface area contributed by atoms with Crippen molar-refractivity contribution in [2.45, 2.75) is 107 Å². The van der Waals surface area contributed by atoms with Crippen molar-refractivity contribution in [2.75, 3.05) is 26.9 Å². The van der Waals surface area contributed by atoms with Gasteiger partial charge in [-0.15, -0.1) is 0 Å². The minimum atomic E-state index is -3.57. The van der Waals surface area contributed by atoms with Gasteiger partial charge in [-0.2, -0.15) is 4.31 Å². The summed E-state index contributed by atoms with van der Waals surface area (Å²) in [6.07, 6.45) is 8.66. The summed E-state index contributed by atoms with van der Waals surface area (Å²) >= 11 is 0. The molecular weight excluding hydrogens is 436 g/mol. The number of rotatable bonds is 9. The Hall–Kier alpha value is -0.990. The lowest BCUT2D eigenvalue weighted by Gasteiger charge is -2.45. The average Bonchev–Trinajstić information content (AvgIpc) is 3.64. The maximum Gasteiger partial charge on any atom is 0.243 e. The fourth-order valence-corrected chi connectivity index (χ4v) is 7.84. The zero-order valence-electron chi connectivity index (χ0n) is 20.9. The van der Waals surface area contributed by atoms with E-state index in [-0.39, 0.29) is 23.3 Å². The predicted octanol–water partition coefficient (Wildman–Crippen LogP) is 4.71. The van der Waals surface area contributed by atoms with Crippen LogP contribution in [-0.2, 0) is 19.5 Å². The topological polar surface area (TPSA) is 59.1 Å². The summed E-state index contributed by atoms with van der Waals surface area (Å²) in [5, 5.41) is 0. The fraction of sp³-hybridized carbons (Fsp3) is 0.769. The van der Waals surface area contributed by atoms with E-state index in [1.165, 1.54) is 0 Å². The maximum atomic E-state index is 13.8. The Balaban J connectivity index is 1.49. The van der Waals surface area contributed by atoms with Crippen LogP contribution in [-0.4, -0.2) is 67.8 Å². The Bertz CT molecular complexity index is 883. The third-order valence-electron chi connectivity index (χ3n) is 8.48. The van der Waals surface area contributed by atoms with Crippen LogP contribution in [0.4, 0.5) is 0 Å². The van der Waals surface area contributed by atoms with Crippen LogP contribution in [0.3, 0.4) is 0 Å². The molecule has 0 radical (unpaired) electrons. The summed E-state index contributed by atoms with van der Waals surface area (Å²) in [4.78, 5) is 2.77. The van der Waals surface area contributed by atoms with Crippen molar-refractivity contribution >= 4 is 10.0 Å². The third-order valence-corrected chi connectivity index (χ3v) is 10.5. The first-order valence-corrected chi connectivity index (χ1v) is 14.2. The highest BCUT2D eigenvalue weighted by atomic mass is 32.2. The standard InChI is InChI=1S/C26H42N2O4S/c1-5-22-8-7-9-24(28(22)33(29,30)23-12-10-21(3)11-13-23)26(14-15-26)32-20-27-18-16-25(6-2,31-4)17-19-27/h10-13,22,24H,5-9,14-20H2,1-4H3/t22-,24-/m1/s1. The van der Waals surface area contributed by atoms with E-state index in [9.17, 15) is 8.42 Å². The Kier molecular flexibility index (Phi) is 7.56. The lowest BCUT2D eigenvalue weighted by molar-refractivity contribution is -0.111. The first kappa shape index (κ1) is 25.1. The van der Waals surface area contributed by atoms with Gasteiger partial charge in [-0.3, -0.25) is 4.90 Å². The molecule has 2 aliphatic heterocycles. The van der Waals surface area contributed by atoms with Gasteiger partial charge in [0.05, 0.1) is 28.9 Å². The lowest BCUT2D eigenvalue weighted by Crippen LogP contribution is -2.56. The van der Waals surface area contributed by atoms with Crippen molar-refractivity contribution in [3.8, 4) is 0 Å². The van der Waals surface area contributed by atoms with Gasteiger partial charge in [0.25, 0.3) is 0 Å². The van der Waals surface area contributed by atoms with Crippen LogP contribution in [0.5, 0.6) is 0 Å². The molecule has 4 rings (SSSR count). The Morgan fingerprint density at radius 1 is 1.03 bits per heavy atom. The predicted molar refractivity (Wildman–Crippen MR) is 131 cm³/mol. The van der Waals surface area contributed by atoms with Crippen molar-refractivity contribution in [3.63, 3.8) is 0 Å². The lowest BCUT2D eigenvalue weighted by atomic mass is 9.89. The van der Waals surface area contributed by atoms with Crippen molar-refractivity contribution in [1.29, 1.82) is 0 Å². The van der Waals surface area contributed by atoms with E-state index in [4.69, 9.17) is 9.47 Å². The molecular formula is C26H42N2O4S. The number of hydrogen-bond donors (Lipinski definition) is 0. The van der Waals surface area contributed by atoms with Gasteiger partial charge in [0, 0.05) is 26.2 Å². The first-order chi connectivity index (χ1) is 15.8. The van der Waals surface area contributed by atoms with Gasteiger partial charge in [-0.25, -0.2) is 8.42 Å². The van der Waals surface area contributed by atoms with E-state index >= 15 is 0 Å². The van der Waals surface area contributed by atoms with Gasteiger partial charge < -0.3 is 9.47 Å². The number of hydrogen-bond acceptors (Lipinski definition) is 5. The molecule has 0 N–H and O–H groups in total. The summed E-state index contributed by atoms with van der Waals surface area (Å²) in [6, 6.07) is 7.25. The minimum Gasteiger partial charge on any atom is -0.378 e. The van der Waals surface area contributed by atoms with Crippen molar-refractivity contribution < 1.29 is 17.9 Å². The van der Waals surface area contributed by atoms with Crippen LogP contribution >= 0.6 is 0 Å². The zero-order chi connectivity index (χ0) is 23.7. The number of methoxy groups -OCH3 is 1. The number of sulfonamides is 1. The number of piperidine rings is 2. The van der Waals surface area contributed by atoms with Gasteiger partial charge >= 0.3 is 0 Å². The molecule has 6 nitrogen and oxygen atoms in total. The quantitative estimate of drug-likeness (QED) is 0.514. The third kappa shape index (κ3) is 5.03. The monoisotopic (exact) mass is 478 g/mol. The highest BCUT2D eigenvalue weighted by Gasteiger charge is 2.57. The van der Waals surface area contributed by atoms with E-state index in [1.54, 1.807) is 12.1 Å². The van der Waals surface area contributed by atoms with E-state index in [1.807, 2.05) is 30.5 Å². The second kappa shape index (κ2) is 9.94. The highest BCUT2D eigenvalue weighted by Crippen LogP contribution is 2.50. The molecule has 2 heterocycles. The van der Waals surface area contributed by atoms with Crippen LogP contribution in [0.1, 0.15) is 77.2 Å². The van der Waals surface area contributed by atoms with Crippen LogP contribution in [0.25, 0.3) is 0 Å². The van der Waals surface area contributed by atoms with Crippen LogP contribution < -0.4 is 0 Å². The second-order valence-corrected chi connectivity index (χ2v) is 12.2. The SMILES string of the molecule is CC[C@@H]1CCC[C@H](C2(OCN3CCC(CC)(OC)CC3)CC2)N1S(=O)(=O)c1ccc(C)cc1. The molecule has 2 atom stereocenters. The van der Waals surface area contributed by atoms with E-state index in [2.05, 4.69) is 18.7 Å². The molecule has 3 aliphatic rings. The van der Waals surface area contributed by atoms with Gasteiger partial charge in [0.1, 0.15) is 0 Å². The molecule has 7 heteroatoms. The van der Waals surface area contributed by atoms with Crippen molar-refractivity contribution in [2.24, 2.45) is 0 Å². The van der Waals surface area contributed by atoms with Gasteiger partial charge in [-0.05, 0) is 70.4 Å². The van der Waals surface area contributed by atoms with Gasteiger partial charge in [-0.1, -0.05) is 38.0 Å². The van der Waals surface area contributed by atoms with E-state index < -0.39 is 10.0 Å². The minimum absolute atomic E-state index is 0.00437. The molecule has 0 bridgehead atoms. The number of ether oxygens (including phenoxy) is 2. The smallest absolute Gasteiger partial charge is 0.243 e. The molecule has 1 aromatic rings. The number of benzene rings is 1. The Morgan fingerprint density at radius 3 is 2.24 bits per heavy atom. The fourth-order valence-electron chi connectivity index (χ4n) is 5.84. The summed E-state index contributed by atoms with van der Waals surface area (Å²) in [5.41, 5.74) is 0.733. The summed E-state index contributed by atoms with van der Waals surface area (Å²) in [7, 11) is -1.75. The molecule has 1 saturated carbocycles. The normalized spacial score (nSPS) is 28.0. The summed E-state index contributed by atoms with van der Waals surface area (Å²) < 4.78 is 41.9. The number of nitrogens with zero attached hydrogens (tertiary/aromatic N) is 2. The molecule has 1 aromatic carbocycles. The molecule has 1 aliphatic carbocycles. The molecule has 0 unspecified atom stereocenters. The zero-order valence-corrected chi connectivity index (χ0v) is 21.7. The molecule has 3 fully saturated rings. The molecule has 33 heavy (non-hydrogen) atoms. The summed E-state index contributed by atoms with van der Waals surface area (Å²) in [5.74, 6) is 0. The maximum absolute atomic E-state index is 13.8. The average molecular weight is 479 g/mol. The first-order valence-electron chi connectivity index (χ1n) is 12.8. The van der Waals surface area contributed by atoms with Crippen LogP contribution in [0, 0.1) is 6.92 Å². The largest absolute Gasteiger partial charge is 0.378 e. The van der Waals surface area contributed by atoms with E-state index in [0.717, 1.165) is 76.4 Å². The molecule has 2 saturated heterocycles. The summed E-state index contributed by atoms with van der Waals surface area (Å²) in [6.45, 7) is 8.80. The Labute approximate surface area is 200 Å².